The van der Waals surface area contributed by atoms with Gasteiger partial charge in [-0.05, 0) is 55.9 Å². The molecule has 4 nitrogen and oxygen atoms in total. The zero-order valence-electron chi connectivity index (χ0n) is 16.9. The Labute approximate surface area is 184 Å². The van der Waals surface area contributed by atoms with Crippen LogP contribution >= 0.6 is 0 Å². The Kier molecular flexibility index (Phi) is 4.68. The maximum absolute atomic E-state index is 11.6. The molecule has 2 N–H and O–H groups in total. The quantitative estimate of drug-likeness (QED) is 0.340. The van der Waals surface area contributed by atoms with E-state index in [0.29, 0.717) is 10.8 Å². The minimum atomic E-state index is -0.945. The molecule has 5 rings (SSSR count). The third-order valence-electron chi connectivity index (χ3n) is 5.82. The van der Waals surface area contributed by atoms with E-state index in [-0.39, 0.29) is 11.1 Å². The van der Waals surface area contributed by atoms with Crippen molar-refractivity contribution >= 4 is 33.5 Å². The summed E-state index contributed by atoms with van der Waals surface area (Å²) in [7, 11) is 0. The summed E-state index contributed by atoms with van der Waals surface area (Å²) in [6.07, 6.45) is 0. The van der Waals surface area contributed by atoms with E-state index in [1.54, 1.807) is 12.1 Å². The number of aromatic carboxylic acids is 2. The summed E-state index contributed by atoms with van der Waals surface area (Å²) < 4.78 is 0. The second-order valence-corrected chi connectivity index (χ2v) is 7.60. The van der Waals surface area contributed by atoms with Crippen molar-refractivity contribution < 1.29 is 19.8 Å². The predicted molar refractivity (Wildman–Crippen MR) is 126 cm³/mol. The Hall–Kier alpha value is -4.44. The van der Waals surface area contributed by atoms with E-state index in [2.05, 4.69) is 0 Å². The SMILES string of the molecule is O=C(O)c1ccc(-c2ccc(-c3ccc(C(=O)O)c4ccccc34)cc2)c2ccccc12. The van der Waals surface area contributed by atoms with Gasteiger partial charge < -0.3 is 10.2 Å². The largest absolute Gasteiger partial charge is 0.478 e. The van der Waals surface area contributed by atoms with Gasteiger partial charge in [-0.2, -0.15) is 0 Å². The van der Waals surface area contributed by atoms with Crippen LogP contribution in [0.3, 0.4) is 0 Å². The summed E-state index contributed by atoms with van der Waals surface area (Å²) >= 11 is 0. The smallest absolute Gasteiger partial charge is 0.336 e. The molecule has 5 aromatic carbocycles. The first-order chi connectivity index (χ1) is 15.5. The second kappa shape index (κ2) is 7.67. The number of carboxylic acids is 2. The van der Waals surface area contributed by atoms with E-state index >= 15 is 0 Å². The molecule has 0 aliphatic rings. The van der Waals surface area contributed by atoms with Crippen LogP contribution in [0.4, 0.5) is 0 Å². The van der Waals surface area contributed by atoms with Crippen molar-refractivity contribution in [2.75, 3.05) is 0 Å². The van der Waals surface area contributed by atoms with Crippen LogP contribution in [-0.4, -0.2) is 22.2 Å². The van der Waals surface area contributed by atoms with E-state index in [4.69, 9.17) is 0 Å². The van der Waals surface area contributed by atoms with Crippen LogP contribution in [0, 0.1) is 0 Å². The molecule has 0 unspecified atom stereocenters. The van der Waals surface area contributed by atoms with Gasteiger partial charge in [-0.3, -0.25) is 0 Å². The molecule has 4 heteroatoms. The molecule has 5 aromatic rings. The molecule has 0 aliphatic heterocycles. The van der Waals surface area contributed by atoms with Gasteiger partial charge in [-0.1, -0.05) is 84.9 Å². The Morgan fingerprint density at radius 2 is 0.781 bits per heavy atom. The molecule has 0 fully saturated rings. The Morgan fingerprint density at radius 3 is 1.12 bits per heavy atom. The fourth-order valence-electron chi connectivity index (χ4n) is 4.30. The van der Waals surface area contributed by atoms with Crippen LogP contribution in [0.2, 0.25) is 0 Å². The first-order valence-corrected chi connectivity index (χ1v) is 10.2. The maximum atomic E-state index is 11.6. The molecular weight excluding hydrogens is 400 g/mol. The molecule has 0 bridgehead atoms. The molecule has 0 radical (unpaired) electrons. The number of carboxylic acid groups (broad SMARTS) is 2. The standard InChI is InChI=1S/C28H18O4/c29-27(30)25-15-13-19(21-5-1-3-7-23(21)25)17-9-11-18(12-10-17)20-14-16-26(28(31)32)24-8-4-2-6-22(20)24/h1-16H,(H,29,30)(H,31,32). The summed E-state index contributed by atoms with van der Waals surface area (Å²) in [5, 5.41) is 22.2. The lowest BCUT2D eigenvalue weighted by atomic mass is 9.92. The lowest BCUT2D eigenvalue weighted by molar-refractivity contribution is 0.0688. The van der Waals surface area contributed by atoms with Crippen molar-refractivity contribution in [3.8, 4) is 22.3 Å². The molecule has 0 atom stereocenters. The zero-order chi connectivity index (χ0) is 22.2. The predicted octanol–water partition coefficient (Wildman–Crippen LogP) is 6.72. The molecule has 0 heterocycles. The molecule has 154 valence electrons. The second-order valence-electron chi connectivity index (χ2n) is 7.60. The summed E-state index contributed by atoms with van der Waals surface area (Å²) in [6, 6.07) is 30.0. The molecule has 32 heavy (non-hydrogen) atoms. The van der Waals surface area contributed by atoms with Gasteiger partial charge >= 0.3 is 11.9 Å². The van der Waals surface area contributed by atoms with E-state index in [0.717, 1.165) is 33.0 Å². The van der Waals surface area contributed by atoms with Crippen molar-refractivity contribution in [3.05, 3.63) is 108 Å². The van der Waals surface area contributed by atoms with Crippen LogP contribution in [0.25, 0.3) is 43.8 Å². The molecule has 0 aromatic heterocycles. The first kappa shape index (κ1) is 19.5. The van der Waals surface area contributed by atoms with Crippen molar-refractivity contribution in [1.29, 1.82) is 0 Å². The summed E-state index contributed by atoms with van der Waals surface area (Å²) in [4.78, 5) is 23.2. The van der Waals surface area contributed by atoms with E-state index in [1.807, 2.05) is 84.9 Å². The third-order valence-corrected chi connectivity index (χ3v) is 5.82. The van der Waals surface area contributed by atoms with Gasteiger partial charge in [0.05, 0.1) is 11.1 Å². The van der Waals surface area contributed by atoms with Crippen molar-refractivity contribution in [2.45, 2.75) is 0 Å². The van der Waals surface area contributed by atoms with Crippen LogP contribution in [0.5, 0.6) is 0 Å². The highest BCUT2D eigenvalue weighted by Crippen LogP contribution is 2.35. The van der Waals surface area contributed by atoms with E-state index in [1.165, 1.54) is 0 Å². The molecule has 0 aliphatic carbocycles. The van der Waals surface area contributed by atoms with Crippen LogP contribution in [-0.2, 0) is 0 Å². The minimum absolute atomic E-state index is 0.283. The highest BCUT2D eigenvalue weighted by Gasteiger charge is 2.14. The van der Waals surface area contributed by atoms with Crippen molar-refractivity contribution in [2.24, 2.45) is 0 Å². The lowest BCUT2D eigenvalue weighted by Crippen LogP contribution is -1.98. The van der Waals surface area contributed by atoms with Gasteiger partial charge in [-0.15, -0.1) is 0 Å². The Morgan fingerprint density at radius 1 is 0.438 bits per heavy atom. The Balaban J connectivity index is 1.63. The summed E-state index contributed by atoms with van der Waals surface area (Å²) in [5.41, 5.74) is 4.45. The van der Waals surface area contributed by atoms with Crippen LogP contribution in [0.15, 0.2) is 97.1 Å². The molecule has 0 spiro atoms. The van der Waals surface area contributed by atoms with Gasteiger partial charge in [0.2, 0.25) is 0 Å². The summed E-state index contributed by atoms with van der Waals surface area (Å²) in [5.74, 6) is -1.89. The number of rotatable bonds is 4. The summed E-state index contributed by atoms with van der Waals surface area (Å²) in [6.45, 7) is 0. The van der Waals surface area contributed by atoms with Gasteiger partial charge in [0.15, 0.2) is 0 Å². The van der Waals surface area contributed by atoms with E-state index in [9.17, 15) is 19.8 Å². The van der Waals surface area contributed by atoms with Crippen molar-refractivity contribution in [3.63, 3.8) is 0 Å². The number of fused-ring (bicyclic) bond motifs is 2. The highest BCUT2D eigenvalue weighted by atomic mass is 16.4. The average Bonchev–Trinajstić information content (AvgIpc) is 2.82. The zero-order valence-corrected chi connectivity index (χ0v) is 16.9. The maximum Gasteiger partial charge on any atom is 0.336 e. The van der Waals surface area contributed by atoms with Gasteiger partial charge in [0, 0.05) is 0 Å². The fraction of sp³-hybridized carbons (Fsp3) is 0. The van der Waals surface area contributed by atoms with Gasteiger partial charge in [-0.25, -0.2) is 9.59 Å². The number of hydrogen-bond donors (Lipinski definition) is 2. The number of benzene rings is 5. The topological polar surface area (TPSA) is 74.6 Å². The third kappa shape index (κ3) is 3.19. The minimum Gasteiger partial charge on any atom is -0.478 e. The van der Waals surface area contributed by atoms with E-state index < -0.39 is 11.9 Å². The molecule has 0 saturated carbocycles. The molecular formula is C28H18O4. The van der Waals surface area contributed by atoms with Gasteiger partial charge in [0.1, 0.15) is 0 Å². The Bertz CT molecular complexity index is 1400. The average molecular weight is 418 g/mol. The molecule has 0 saturated heterocycles. The monoisotopic (exact) mass is 418 g/mol. The molecule has 0 amide bonds. The fourth-order valence-corrected chi connectivity index (χ4v) is 4.30. The van der Waals surface area contributed by atoms with Crippen LogP contribution < -0.4 is 0 Å². The first-order valence-electron chi connectivity index (χ1n) is 10.2. The van der Waals surface area contributed by atoms with Gasteiger partial charge in [0.25, 0.3) is 0 Å². The number of carbonyl (C=O) groups is 2. The normalized spacial score (nSPS) is 11.0. The highest BCUT2D eigenvalue weighted by molar-refractivity contribution is 6.10. The lowest BCUT2D eigenvalue weighted by Gasteiger charge is -2.12. The van der Waals surface area contributed by atoms with Crippen LogP contribution in [0.1, 0.15) is 20.7 Å². The van der Waals surface area contributed by atoms with Crippen molar-refractivity contribution in [1.82, 2.24) is 0 Å². The number of hydrogen-bond acceptors (Lipinski definition) is 2.